The monoisotopic (exact) mass is 469 g/mol. The Morgan fingerprint density at radius 1 is 0.970 bits per heavy atom. The number of carbonyl (C=O) groups is 2. The van der Waals surface area contributed by atoms with Gasteiger partial charge in [-0.3, -0.25) is 9.59 Å². The van der Waals surface area contributed by atoms with Crippen molar-refractivity contribution in [3.63, 3.8) is 0 Å². The normalized spacial score (nSPS) is 10.6. The fourth-order valence-corrected chi connectivity index (χ4v) is 2.80. The summed E-state index contributed by atoms with van der Waals surface area (Å²) < 4.78 is 24.4. The number of anilines is 1. The van der Waals surface area contributed by atoms with Crippen molar-refractivity contribution < 1.29 is 23.5 Å². The molecule has 0 spiro atoms. The molecule has 7 nitrogen and oxygen atoms in total. The van der Waals surface area contributed by atoms with E-state index in [9.17, 15) is 14.0 Å². The SMILES string of the molecule is CCOc1cc(/C=N/NC(=O)C(=O)Nc2ccc(Cl)cc2)ccc1OCc1ccc(F)cc1. The first-order chi connectivity index (χ1) is 15.9. The molecule has 0 heterocycles. The maximum Gasteiger partial charge on any atom is 0.329 e. The molecule has 3 aromatic carbocycles. The number of benzene rings is 3. The quantitative estimate of drug-likeness (QED) is 0.288. The van der Waals surface area contributed by atoms with E-state index in [1.54, 1.807) is 54.6 Å². The minimum absolute atomic E-state index is 0.243. The zero-order chi connectivity index (χ0) is 23.6. The van der Waals surface area contributed by atoms with Crippen molar-refractivity contribution in [2.75, 3.05) is 11.9 Å². The van der Waals surface area contributed by atoms with Crippen LogP contribution in [0, 0.1) is 5.82 Å². The van der Waals surface area contributed by atoms with Gasteiger partial charge in [0.25, 0.3) is 0 Å². The van der Waals surface area contributed by atoms with Crippen molar-refractivity contribution >= 4 is 35.3 Å². The Bertz CT molecular complexity index is 1140. The Morgan fingerprint density at radius 3 is 2.39 bits per heavy atom. The Kier molecular flexibility index (Phi) is 8.37. The number of rotatable bonds is 8. The molecule has 0 saturated heterocycles. The number of nitrogens with zero attached hydrogens (tertiary/aromatic N) is 1. The molecule has 0 aliphatic rings. The number of ether oxygens (including phenoxy) is 2. The molecule has 0 atom stereocenters. The summed E-state index contributed by atoms with van der Waals surface area (Å²) in [6.07, 6.45) is 1.37. The molecule has 0 bridgehead atoms. The van der Waals surface area contributed by atoms with E-state index in [1.165, 1.54) is 18.3 Å². The average Bonchev–Trinajstić information content (AvgIpc) is 2.81. The van der Waals surface area contributed by atoms with E-state index in [0.717, 1.165) is 5.56 Å². The van der Waals surface area contributed by atoms with Crippen LogP contribution in [0.4, 0.5) is 10.1 Å². The predicted octanol–water partition coefficient (Wildman–Crippen LogP) is 4.55. The molecule has 0 aromatic heterocycles. The molecule has 3 aromatic rings. The van der Waals surface area contributed by atoms with E-state index in [2.05, 4.69) is 15.8 Å². The predicted molar refractivity (Wildman–Crippen MR) is 124 cm³/mol. The van der Waals surface area contributed by atoms with Crippen molar-refractivity contribution in [3.05, 3.63) is 88.7 Å². The minimum atomic E-state index is -0.925. The van der Waals surface area contributed by atoms with Crippen LogP contribution in [0.15, 0.2) is 71.8 Å². The van der Waals surface area contributed by atoms with Gasteiger partial charge in [-0.25, -0.2) is 9.82 Å². The number of hydrogen-bond donors (Lipinski definition) is 2. The van der Waals surface area contributed by atoms with Crippen molar-refractivity contribution in [2.45, 2.75) is 13.5 Å². The van der Waals surface area contributed by atoms with Gasteiger partial charge in [0.2, 0.25) is 0 Å². The fourth-order valence-electron chi connectivity index (χ4n) is 2.67. The first kappa shape index (κ1) is 23.7. The van der Waals surface area contributed by atoms with Crippen LogP contribution >= 0.6 is 11.6 Å². The van der Waals surface area contributed by atoms with Crippen molar-refractivity contribution in [1.82, 2.24) is 5.43 Å². The molecule has 3 rings (SSSR count). The number of nitrogens with one attached hydrogen (secondary N) is 2. The highest BCUT2D eigenvalue weighted by atomic mass is 35.5. The Morgan fingerprint density at radius 2 is 1.70 bits per heavy atom. The number of halogens is 2. The van der Waals surface area contributed by atoms with Crippen LogP contribution in [0.3, 0.4) is 0 Å². The van der Waals surface area contributed by atoms with Gasteiger partial charge in [-0.05, 0) is 72.6 Å². The molecule has 0 aliphatic carbocycles. The van der Waals surface area contributed by atoms with Gasteiger partial charge in [-0.15, -0.1) is 0 Å². The second kappa shape index (κ2) is 11.6. The van der Waals surface area contributed by atoms with Crippen molar-refractivity contribution in [1.29, 1.82) is 0 Å². The molecule has 0 unspecified atom stereocenters. The highest BCUT2D eigenvalue weighted by Crippen LogP contribution is 2.29. The summed E-state index contributed by atoms with van der Waals surface area (Å²) >= 11 is 5.79. The van der Waals surface area contributed by atoms with Crippen LogP contribution in [0.5, 0.6) is 11.5 Å². The third-order valence-electron chi connectivity index (χ3n) is 4.26. The summed E-state index contributed by atoms with van der Waals surface area (Å²) in [5.74, 6) is -1.12. The Balaban J connectivity index is 1.58. The number of carbonyl (C=O) groups excluding carboxylic acids is 2. The highest BCUT2D eigenvalue weighted by Gasteiger charge is 2.13. The lowest BCUT2D eigenvalue weighted by Gasteiger charge is -2.12. The lowest BCUT2D eigenvalue weighted by Crippen LogP contribution is -2.32. The zero-order valence-corrected chi connectivity index (χ0v) is 18.4. The van der Waals surface area contributed by atoms with E-state index in [0.29, 0.717) is 34.4 Å². The van der Waals surface area contributed by atoms with Crippen LogP contribution in [-0.2, 0) is 16.2 Å². The zero-order valence-electron chi connectivity index (χ0n) is 17.7. The van der Waals surface area contributed by atoms with Gasteiger partial charge in [-0.1, -0.05) is 23.7 Å². The minimum Gasteiger partial charge on any atom is -0.490 e. The molecule has 0 aliphatic heterocycles. The molecule has 2 amide bonds. The van der Waals surface area contributed by atoms with Crippen molar-refractivity contribution in [2.24, 2.45) is 5.10 Å². The largest absolute Gasteiger partial charge is 0.490 e. The van der Waals surface area contributed by atoms with E-state index >= 15 is 0 Å². The maximum absolute atomic E-state index is 13.0. The average molecular weight is 470 g/mol. The van der Waals surface area contributed by atoms with E-state index in [4.69, 9.17) is 21.1 Å². The van der Waals surface area contributed by atoms with Crippen LogP contribution in [0.25, 0.3) is 0 Å². The molecule has 0 fully saturated rings. The van der Waals surface area contributed by atoms with Gasteiger partial charge in [-0.2, -0.15) is 5.10 Å². The molecule has 170 valence electrons. The number of hydrazone groups is 1. The molecule has 9 heteroatoms. The number of amides is 2. The topological polar surface area (TPSA) is 89.0 Å². The first-order valence-electron chi connectivity index (χ1n) is 9.98. The second-order valence-electron chi connectivity index (χ2n) is 6.71. The molecule has 0 saturated carbocycles. The smallest absolute Gasteiger partial charge is 0.329 e. The number of hydrogen-bond acceptors (Lipinski definition) is 5. The third kappa shape index (κ3) is 7.33. The summed E-state index contributed by atoms with van der Waals surface area (Å²) in [7, 11) is 0. The lowest BCUT2D eigenvalue weighted by molar-refractivity contribution is -0.136. The Labute approximate surface area is 195 Å². The van der Waals surface area contributed by atoms with Crippen molar-refractivity contribution in [3.8, 4) is 11.5 Å². The van der Waals surface area contributed by atoms with Gasteiger partial charge in [0.15, 0.2) is 11.5 Å². The summed E-state index contributed by atoms with van der Waals surface area (Å²) in [5, 5.41) is 6.77. The summed E-state index contributed by atoms with van der Waals surface area (Å²) in [6, 6.07) is 17.5. The van der Waals surface area contributed by atoms with E-state index in [1.807, 2.05) is 6.92 Å². The van der Waals surface area contributed by atoms with Gasteiger partial charge >= 0.3 is 11.8 Å². The molecular formula is C24H21ClFN3O4. The summed E-state index contributed by atoms with van der Waals surface area (Å²) in [6.45, 7) is 2.49. The standard InChI is InChI=1S/C24H21ClFN3O4/c1-2-32-22-13-17(5-12-21(22)33-15-16-3-8-19(26)9-4-16)14-27-29-24(31)23(30)28-20-10-6-18(25)7-11-20/h3-14H,2,15H2,1H3,(H,28,30)(H,29,31)/b27-14+. The summed E-state index contributed by atoms with van der Waals surface area (Å²) in [4.78, 5) is 23.9. The van der Waals surface area contributed by atoms with Gasteiger partial charge in [0.05, 0.1) is 12.8 Å². The van der Waals surface area contributed by atoms with Gasteiger partial charge in [0.1, 0.15) is 12.4 Å². The van der Waals surface area contributed by atoms with Gasteiger partial charge < -0.3 is 14.8 Å². The molecular weight excluding hydrogens is 449 g/mol. The van der Waals surface area contributed by atoms with Crippen LogP contribution in [-0.4, -0.2) is 24.6 Å². The Hall–Kier alpha value is -3.91. The molecule has 33 heavy (non-hydrogen) atoms. The van der Waals surface area contributed by atoms with E-state index < -0.39 is 11.8 Å². The first-order valence-corrected chi connectivity index (χ1v) is 10.4. The van der Waals surface area contributed by atoms with Gasteiger partial charge in [0, 0.05) is 10.7 Å². The second-order valence-corrected chi connectivity index (χ2v) is 7.15. The maximum atomic E-state index is 13.0. The summed E-state index contributed by atoms with van der Waals surface area (Å²) in [5.41, 5.74) is 4.03. The molecule has 2 N–H and O–H groups in total. The van der Waals surface area contributed by atoms with Crippen LogP contribution < -0.4 is 20.2 Å². The third-order valence-corrected chi connectivity index (χ3v) is 4.52. The molecule has 0 radical (unpaired) electrons. The lowest BCUT2D eigenvalue weighted by atomic mass is 10.2. The van der Waals surface area contributed by atoms with Crippen LogP contribution in [0.2, 0.25) is 5.02 Å². The van der Waals surface area contributed by atoms with E-state index in [-0.39, 0.29) is 12.4 Å². The highest BCUT2D eigenvalue weighted by molar-refractivity contribution is 6.39. The fraction of sp³-hybridized carbons (Fsp3) is 0.125. The van der Waals surface area contributed by atoms with Crippen LogP contribution in [0.1, 0.15) is 18.1 Å².